The molecule has 0 aromatic carbocycles. The number of rotatable bonds is 12. The van der Waals surface area contributed by atoms with E-state index in [1.54, 1.807) is 0 Å². The van der Waals surface area contributed by atoms with Gasteiger partial charge in [-0.25, -0.2) is 0 Å². The highest BCUT2D eigenvalue weighted by Gasteiger charge is 2.32. The van der Waals surface area contributed by atoms with Gasteiger partial charge >= 0.3 is 17.9 Å². The highest BCUT2D eigenvalue weighted by Crippen LogP contribution is 2.07. The number of carboxylic acid groups (broad SMARTS) is 3. The molecule has 0 aliphatic carbocycles. The summed E-state index contributed by atoms with van der Waals surface area (Å²) < 4.78 is 0. The maximum absolute atomic E-state index is 12.6. The number of aliphatic carboxylic acids is 3. The van der Waals surface area contributed by atoms with Gasteiger partial charge in [-0.15, -0.1) is 0 Å². The van der Waals surface area contributed by atoms with Gasteiger partial charge in [0.2, 0.25) is 17.7 Å². The SMILES string of the molecule is CC(NC(=O)C(CCC(=O)O)NC(=O)C(CC(=O)O)NC(=O)C1CCCN1)C(=O)O. The third-order valence-corrected chi connectivity index (χ3v) is 4.40. The standard InChI is InChI=1S/C17H26N4O9/c1-8(17(29)30)19-15(27)10(4-5-12(22)23)20-16(28)11(7-13(24)25)21-14(26)9-3-2-6-18-9/h8-11,18H,2-7H2,1H3,(H,19,27)(H,20,28)(H,21,26)(H,22,23)(H,24,25)(H,29,30). The smallest absolute Gasteiger partial charge is 0.325 e. The Bertz CT molecular complexity index is 691. The molecule has 3 amide bonds. The van der Waals surface area contributed by atoms with Gasteiger partial charge < -0.3 is 36.6 Å². The van der Waals surface area contributed by atoms with Crippen LogP contribution in [0.3, 0.4) is 0 Å². The number of hydrogen-bond donors (Lipinski definition) is 7. The van der Waals surface area contributed by atoms with E-state index >= 15 is 0 Å². The third kappa shape index (κ3) is 8.43. The molecule has 4 atom stereocenters. The summed E-state index contributed by atoms with van der Waals surface area (Å²) in [6, 6.07) is -4.82. The zero-order valence-corrected chi connectivity index (χ0v) is 16.3. The Kier molecular flexibility index (Phi) is 9.68. The van der Waals surface area contributed by atoms with Crippen LogP contribution in [0.5, 0.6) is 0 Å². The molecule has 1 aliphatic heterocycles. The van der Waals surface area contributed by atoms with E-state index in [2.05, 4.69) is 21.3 Å². The van der Waals surface area contributed by atoms with Gasteiger partial charge in [-0.3, -0.25) is 28.8 Å². The van der Waals surface area contributed by atoms with Crippen LogP contribution in [0, 0.1) is 0 Å². The van der Waals surface area contributed by atoms with Crippen molar-refractivity contribution in [3.8, 4) is 0 Å². The summed E-state index contributed by atoms with van der Waals surface area (Å²) in [6.07, 6.45) is -0.376. The maximum atomic E-state index is 12.6. The van der Waals surface area contributed by atoms with Crippen LogP contribution in [0.25, 0.3) is 0 Å². The molecule has 13 heteroatoms. The molecule has 0 saturated carbocycles. The molecule has 7 N–H and O–H groups in total. The van der Waals surface area contributed by atoms with E-state index in [1.807, 2.05) is 0 Å². The minimum Gasteiger partial charge on any atom is -0.481 e. The van der Waals surface area contributed by atoms with E-state index in [4.69, 9.17) is 15.3 Å². The predicted octanol–water partition coefficient (Wildman–Crippen LogP) is -2.36. The number of carbonyl (C=O) groups is 6. The van der Waals surface area contributed by atoms with Gasteiger partial charge in [0.05, 0.1) is 12.5 Å². The van der Waals surface area contributed by atoms with Gasteiger partial charge in [-0.05, 0) is 32.7 Å². The second kappa shape index (κ2) is 11.7. The lowest BCUT2D eigenvalue weighted by Gasteiger charge is -2.23. The molecule has 1 heterocycles. The van der Waals surface area contributed by atoms with Crippen molar-refractivity contribution < 1.29 is 44.1 Å². The van der Waals surface area contributed by atoms with Gasteiger partial charge in [0.25, 0.3) is 0 Å². The number of nitrogens with one attached hydrogen (secondary N) is 4. The summed E-state index contributed by atoms with van der Waals surface area (Å²) in [7, 11) is 0. The monoisotopic (exact) mass is 430 g/mol. The fraction of sp³-hybridized carbons (Fsp3) is 0.647. The summed E-state index contributed by atoms with van der Waals surface area (Å²) in [5.74, 6) is -6.49. The first kappa shape index (κ1) is 24.8. The van der Waals surface area contributed by atoms with Crippen molar-refractivity contribution in [2.24, 2.45) is 0 Å². The van der Waals surface area contributed by atoms with Crippen LogP contribution in [-0.2, 0) is 28.8 Å². The summed E-state index contributed by atoms with van der Waals surface area (Å²) in [5, 5.41) is 36.3. The van der Waals surface area contributed by atoms with Crippen molar-refractivity contribution in [2.45, 2.75) is 63.2 Å². The van der Waals surface area contributed by atoms with Crippen LogP contribution in [0.2, 0.25) is 0 Å². The first-order valence-electron chi connectivity index (χ1n) is 9.32. The topological polar surface area (TPSA) is 211 Å². The van der Waals surface area contributed by atoms with Crippen molar-refractivity contribution in [1.29, 1.82) is 0 Å². The Morgan fingerprint density at radius 1 is 0.933 bits per heavy atom. The average Bonchev–Trinajstić information content (AvgIpc) is 3.18. The molecular formula is C17H26N4O9. The normalized spacial score (nSPS) is 18.5. The molecule has 30 heavy (non-hydrogen) atoms. The number of hydrogen-bond acceptors (Lipinski definition) is 7. The van der Waals surface area contributed by atoms with Crippen molar-refractivity contribution in [2.75, 3.05) is 6.54 Å². The van der Waals surface area contributed by atoms with E-state index < -0.39 is 72.6 Å². The second-order valence-electron chi connectivity index (χ2n) is 6.87. The van der Waals surface area contributed by atoms with Crippen LogP contribution < -0.4 is 21.3 Å². The zero-order chi connectivity index (χ0) is 22.8. The lowest BCUT2D eigenvalue weighted by molar-refractivity contribution is -0.143. The fourth-order valence-electron chi connectivity index (χ4n) is 2.75. The van der Waals surface area contributed by atoms with Gasteiger partial charge in [0.15, 0.2) is 0 Å². The van der Waals surface area contributed by atoms with E-state index in [1.165, 1.54) is 6.92 Å². The van der Waals surface area contributed by atoms with Gasteiger partial charge in [0, 0.05) is 6.42 Å². The van der Waals surface area contributed by atoms with E-state index in [9.17, 15) is 28.8 Å². The molecule has 0 aromatic rings. The van der Waals surface area contributed by atoms with Crippen LogP contribution in [0.15, 0.2) is 0 Å². The molecule has 1 saturated heterocycles. The highest BCUT2D eigenvalue weighted by atomic mass is 16.4. The minimum absolute atomic E-state index is 0.364. The van der Waals surface area contributed by atoms with Crippen LogP contribution in [-0.4, -0.2) is 81.7 Å². The Hall–Kier alpha value is -3.22. The quantitative estimate of drug-likeness (QED) is 0.175. The van der Waals surface area contributed by atoms with Crippen LogP contribution >= 0.6 is 0 Å². The summed E-state index contributed by atoms with van der Waals surface area (Å²) >= 11 is 0. The average molecular weight is 430 g/mol. The molecular weight excluding hydrogens is 404 g/mol. The van der Waals surface area contributed by atoms with Crippen molar-refractivity contribution in [3.63, 3.8) is 0 Å². The molecule has 4 unspecified atom stereocenters. The highest BCUT2D eigenvalue weighted by molar-refractivity contribution is 5.95. The fourth-order valence-corrected chi connectivity index (χ4v) is 2.75. The van der Waals surface area contributed by atoms with Crippen molar-refractivity contribution in [1.82, 2.24) is 21.3 Å². The predicted molar refractivity (Wildman–Crippen MR) is 99.2 cm³/mol. The third-order valence-electron chi connectivity index (χ3n) is 4.40. The first-order valence-corrected chi connectivity index (χ1v) is 9.32. The Morgan fingerprint density at radius 3 is 2.07 bits per heavy atom. The van der Waals surface area contributed by atoms with Gasteiger partial charge in [-0.1, -0.05) is 0 Å². The van der Waals surface area contributed by atoms with E-state index in [0.717, 1.165) is 6.42 Å². The Morgan fingerprint density at radius 2 is 1.57 bits per heavy atom. The van der Waals surface area contributed by atoms with Crippen molar-refractivity contribution in [3.05, 3.63) is 0 Å². The Balaban J connectivity index is 2.88. The van der Waals surface area contributed by atoms with E-state index in [0.29, 0.717) is 13.0 Å². The summed E-state index contributed by atoms with van der Waals surface area (Å²) in [4.78, 5) is 69.9. The Labute approximate surface area is 171 Å². The molecule has 13 nitrogen and oxygen atoms in total. The van der Waals surface area contributed by atoms with E-state index in [-0.39, 0.29) is 6.42 Å². The maximum Gasteiger partial charge on any atom is 0.325 e. The van der Waals surface area contributed by atoms with Crippen LogP contribution in [0.4, 0.5) is 0 Å². The molecule has 1 rings (SSSR count). The molecule has 0 bridgehead atoms. The molecule has 0 spiro atoms. The molecule has 1 fully saturated rings. The zero-order valence-electron chi connectivity index (χ0n) is 16.3. The second-order valence-corrected chi connectivity index (χ2v) is 6.87. The van der Waals surface area contributed by atoms with Gasteiger partial charge in [-0.2, -0.15) is 0 Å². The molecule has 168 valence electrons. The molecule has 1 aliphatic rings. The summed E-state index contributed by atoms with van der Waals surface area (Å²) in [5.41, 5.74) is 0. The number of amides is 3. The number of carboxylic acids is 3. The molecule has 0 aromatic heterocycles. The summed E-state index contributed by atoms with van der Waals surface area (Å²) in [6.45, 7) is 1.78. The van der Waals surface area contributed by atoms with Gasteiger partial charge in [0.1, 0.15) is 18.1 Å². The number of carbonyl (C=O) groups excluding carboxylic acids is 3. The first-order chi connectivity index (χ1) is 14.0. The largest absolute Gasteiger partial charge is 0.481 e. The molecule has 0 radical (unpaired) electrons. The lowest BCUT2D eigenvalue weighted by atomic mass is 10.1. The lowest BCUT2D eigenvalue weighted by Crippen LogP contribution is -2.57. The van der Waals surface area contributed by atoms with Crippen molar-refractivity contribution >= 4 is 35.6 Å². The minimum atomic E-state index is -1.51. The van der Waals surface area contributed by atoms with Crippen LogP contribution in [0.1, 0.15) is 39.0 Å².